The van der Waals surface area contributed by atoms with Crippen LogP contribution >= 0.6 is 11.6 Å². The van der Waals surface area contributed by atoms with Crippen molar-refractivity contribution in [1.82, 2.24) is 9.78 Å². The van der Waals surface area contributed by atoms with Gasteiger partial charge in [-0.25, -0.2) is 9.07 Å². The molecule has 1 aromatic heterocycles. The average molecular weight is 459 g/mol. The maximum Gasteiger partial charge on any atom is 0.251 e. The molecule has 0 fully saturated rings. The maximum atomic E-state index is 13.3. The van der Waals surface area contributed by atoms with Crippen molar-refractivity contribution in [2.24, 2.45) is 0 Å². The summed E-state index contributed by atoms with van der Waals surface area (Å²) in [6, 6.07) is 8.45. The molecular weight excluding hydrogens is 439 g/mol. The third-order valence-electron chi connectivity index (χ3n) is 5.18. The van der Waals surface area contributed by atoms with Crippen molar-refractivity contribution < 1.29 is 23.5 Å². The van der Waals surface area contributed by atoms with Crippen molar-refractivity contribution in [3.05, 3.63) is 52.9 Å². The highest BCUT2D eigenvalue weighted by Crippen LogP contribution is 2.41. The van der Waals surface area contributed by atoms with Crippen LogP contribution in [0, 0.1) is 12.7 Å². The van der Waals surface area contributed by atoms with Gasteiger partial charge in [-0.15, -0.1) is 0 Å². The fourth-order valence-electron chi connectivity index (χ4n) is 3.68. The zero-order chi connectivity index (χ0) is 23.0. The highest BCUT2D eigenvalue weighted by Gasteiger charge is 2.36. The molecule has 0 bridgehead atoms. The number of carbonyl (C=O) groups excluding carboxylic acids is 2. The molecule has 32 heavy (non-hydrogen) atoms. The van der Waals surface area contributed by atoms with E-state index >= 15 is 0 Å². The molecule has 3 aromatic rings. The molecular formula is C22H20ClFN4O4. The molecule has 0 saturated carbocycles. The molecule has 1 aliphatic rings. The third-order valence-corrected chi connectivity index (χ3v) is 5.47. The van der Waals surface area contributed by atoms with Crippen LogP contribution in [0.2, 0.25) is 5.02 Å². The quantitative estimate of drug-likeness (QED) is 0.577. The van der Waals surface area contributed by atoms with Crippen molar-refractivity contribution in [3.8, 4) is 22.6 Å². The Morgan fingerprint density at radius 2 is 1.97 bits per heavy atom. The van der Waals surface area contributed by atoms with E-state index in [2.05, 4.69) is 15.7 Å². The van der Waals surface area contributed by atoms with E-state index in [1.165, 1.54) is 16.8 Å². The fourth-order valence-corrected chi connectivity index (χ4v) is 3.86. The minimum atomic E-state index is -0.825. The smallest absolute Gasteiger partial charge is 0.251 e. The Morgan fingerprint density at radius 3 is 2.66 bits per heavy atom. The van der Waals surface area contributed by atoms with Gasteiger partial charge in [0.2, 0.25) is 5.91 Å². The lowest BCUT2D eigenvalue weighted by Crippen LogP contribution is -2.23. The predicted molar refractivity (Wildman–Crippen MR) is 118 cm³/mol. The van der Waals surface area contributed by atoms with E-state index < -0.39 is 17.8 Å². The molecule has 0 spiro atoms. The van der Waals surface area contributed by atoms with Crippen molar-refractivity contribution in [3.63, 3.8) is 0 Å². The molecule has 8 nitrogen and oxygen atoms in total. The van der Waals surface area contributed by atoms with E-state index in [0.717, 1.165) is 17.2 Å². The largest absolute Gasteiger partial charge is 0.493 e. The van der Waals surface area contributed by atoms with E-state index in [4.69, 9.17) is 21.1 Å². The van der Waals surface area contributed by atoms with E-state index in [-0.39, 0.29) is 17.4 Å². The van der Waals surface area contributed by atoms with Gasteiger partial charge in [-0.2, -0.15) is 5.10 Å². The lowest BCUT2D eigenvalue weighted by molar-refractivity contribution is -0.123. The van der Waals surface area contributed by atoms with E-state index in [9.17, 15) is 14.0 Å². The van der Waals surface area contributed by atoms with Crippen LogP contribution in [0.1, 0.15) is 18.2 Å². The van der Waals surface area contributed by atoms with Gasteiger partial charge in [-0.1, -0.05) is 17.7 Å². The Morgan fingerprint density at radius 1 is 1.22 bits per heavy atom. The molecule has 1 atom stereocenters. The number of aromatic nitrogens is 2. The number of benzene rings is 2. The highest BCUT2D eigenvalue weighted by atomic mass is 35.5. The van der Waals surface area contributed by atoms with Crippen LogP contribution < -0.4 is 20.1 Å². The van der Waals surface area contributed by atoms with E-state index in [1.807, 2.05) is 13.0 Å². The van der Waals surface area contributed by atoms with Gasteiger partial charge < -0.3 is 20.1 Å². The monoisotopic (exact) mass is 458 g/mol. The lowest BCUT2D eigenvalue weighted by Gasteiger charge is -2.10. The van der Waals surface area contributed by atoms with Gasteiger partial charge in [0.15, 0.2) is 11.5 Å². The normalized spacial score (nSPS) is 14.7. The van der Waals surface area contributed by atoms with Crippen LogP contribution in [-0.4, -0.2) is 35.8 Å². The Bertz CT molecular complexity index is 1230. The molecule has 1 aliphatic heterocycles. The van der Waals surface area contributed by atoms with Crippen LogP contribution in [0.5, 0.6) is 11.5 Å². The Labute approximate surface area is 188 Å². The third kappa shape index (κ3) is 3.87. The molecule has 10 heteroatoms. The van der Waals surface area contributed by atoms with Crippen LogP contribution in [0.4, 0.5) is 15.9 Å². The minimum absolute atomic E-state index is 0.106. The number of nitrogens with one attached hydrogen (secondary N) is 2. The summed E-state index contributed by atoms with van der Waals surface area (Å²) in [4.78, 5) is 25.2. The highest BCUT2D eigenvalue weighted by molar-refractivity contribution is 6.31. The second-order valence-corrected chi connectivity index (χ2v) is 7.62. The van der Waals surface area contributed by atoms with Crippen molar-refractivity contribution in [1.29, 1.82) is 0 Å². The zero-order valence-corrected chi connectivity index (χ0v) is 18.3. The average Bonchev–Trinajstić information content (AvgIpc) is 3.23. The van der Waals surface area contributed by atoms with Gasteiger partial charge >= 0.3 is 0 Å². The molecule has 1 unspecified atom stereocenters. The number of carbonyl (C=O) groups is 2. The summed E-state index contributed by atoms with van der Waals surface area (Å²) in [6.45, 7) is 1.82. The SMILES string of the molecule is COc1ccc(-c2c(C)nn3c2NC(=O)C3CC(=O)Nc2ccc(F)c(Cl)c2)cc1OC. The van der Waals surface area contributed by atoms with Crippen molar-refractivity contribution in [2.75, 3.05) is 24.9 Å². The van der Waals surface area contributed by atoms with Crippen LogP contribution in [0.15, 0.2) is 36.4 Å². The molecule has 166 valence electrons. The van der Waals surface area contributed by atoms with E-state index in [0.29, 0.717) is 28.7 Å². The molecule has 2 aromatic carbocycles. The molecule has 0 aliphatic carbocycles. The first-order valence-corrected chi connectivity index (χ1v) is 10.1. The van der Waals surface area contributed by atoms with Gasteiger partial charge in [0.05, 0.1) is 31.4 Å². The van der Waals surface area contributed by atoms with Gasteiger partial charge in [-0.3, -0.25) is 9.59 Å². The molecule has 2 heterocycles. The first-order chi connectivity index (χ1) is 15.3. The summed E-state index contributed by atoms with van der Waals surface area (Å²) in [7, 11) is 3.10. The number of methoxy groups -OCH3 is 2. The number of aryl methyl sites for hydroxylation is 1. The maximum absolute atomic E-state index is 13.3. The second kappa shape index (κ2) is 8.51. The number of halogens is 2. The number of rotatable bonds is 6. The summed E-state index contributed by atoms with van der Waals surface area (Å²) in [5.41, 5.74) is 2.53. The molecule has 2 N–H and O–H groups in total. The summed E-state index contributed by atoms with van der Waals surface area (Å²) < 4.78 is 25.5. The Hall–Kier alpha value is -3.59. The number of fused-ring (bicyclic) bond motifs is 1. The number of anilines is 2. The summed E-state index contributed by atoms with van der Waals surface area (Å²) >= 11 is 5.76. The molecule has 0 radical (unpaired) electrons. The topological polar surface area (TPSA) is 94.5 Å². The molecule has 2 amide bonds. The second-order valence-electron chi connectivity index (χ2n) is 7.21. The first kappa shape index (κ1) is 21.6. The van der Waals surface area contributed by atoms with Gasteiger partial charge in [0.25, 0.3) is 5.91 Å². The number of amides is 2. The summed E-state index contributed by atoms with van der Waals surface area (Å²) in [6.07, 6.45) is -0.152. The van der Waals surface area contributed by atoms with Gasteiger partial charge in [0, 0.05) is 11.3 Å². The minimum Gasteiger partial charge on any atom is -0.493 e. The van der Waals surface area contributed by atoms with Crippen molar-refractivity contribution in [2.45, 2.75) is 19.4 Å². The first-order valence-electron chi connectivity index (χ1n) is 9.69. The van der Waals surface area contributed by atoms with Gasteiger partial charge in [-0.05, 0) is 42.8 Å². The summed E-state index contributed by atoms with van der Waals surface area (Å²) in [5.74, 6) is 0.268. The van der Waals surface area contributed by atoms with Gasteiger partial charge in [0.1, 0.15) is 17.7 Å². The van der Waals surface area contributed by atoms with Crippen LogP contribution in [-0.2, 0) is 9.59 Å². The number of nitrogens with zero attached hydrogens (tertiary/aromatic N) is 2. The fraction of sp³-hybridized carbons (Fsp3) is 0.227. The Kier molecular flexibility index (Phi) is 5.75. The van der Waals surface area contributed by atoms with Crippen LogP contribution in [0.3, 0.4) is 0 Å². The number of hydrogen-bond acceptors (Lipinski definition) is 5. The van der Waals surface area contributed by atoms with Crippen molar-refractivity contribution >= 4 is 34.9 Å². The number of ether oxygens (including phenoxy) is 2. The summed E-state index contributed by atoms with van der Waals surface area (Å²) in [5, 5.41) is 9.84. The standard InChI is InChI=1S/C22H20ClFN4O4/c1-11-20(12-4-7-17(31-2)18(8-12)32-3)21-26-22(30)16(28(21)27-11)10-19(29)25-13-5-6-15(24)14(23)9-13/h4-9,16H,10H2,1-3H3,(H,25,29)(H,26,30). The van der Waals surface area contributed by atoms with E-state index in [1.54, 1.807) is 26.4 Å². The predicted octanol–water partition coefficient (Wildman–Crippen LogP) is 4.19. The zero-order valence-electron chi connectivity index (χ0n) is 17.5. The lowest BCUT2D eigenvalue weighted by atomic mass is 10.1. The van der Waals surface area contributed by atoms with Crippen LogP contribution in [0.25, 0.3) is 11.1 Å². The number of hydrogen-bond donors (Lipinski definition) is 2. The Balaban J connectivity index is 1.60. The molecule has 4 rings (SSSR count). The molecule has 0 saturated heterocycles.